The van der Waals surface area contributed by atoms with Gasteiger partial charge in [0.05, 0.1) is 16.6 Å². The summed E-state index contributed by atoms with van der Waals surface area (Å²) >= 11 is 0. The first-order valence-corrected chi connectivity index (χ1v) is 11.1. The molecule has 2 unspecified atom stereocenters. The van der Waals surface area contributed by atoms with Crippen molar-refractivity contribution in [3.05, 3.63) is 99.1 Å². The van der Waals surface area contributed by atoms with Gasteiger partial charge in [0.15, 0.2) is 0 Å². The summed E-state index contributed by atoms with van der Waals surface area (Å²) in [6, 6.07) is 19.5. The van der Waals surface area contributed by atoms with Gasteiger partial charge in [-0.2, -0.15) is 0 Å². The van der Waals surface area contributed by atoms with Gasteiger partial charge in [0.2, 0.25) is 0 Å². The number of benzene rings is 3. The van der Waals surface area contributed by atoms with Crippen molar-refractivity contribution < 1.29 is 29.5 Å². The Morgan fingerprint density at radius 1 is 1.06 bits per heavy atom. The van der Waals surface area contributed by atoms with Gasteiger partial charge in [-0.3, -0.25) is 14.9 Å². The highest BCUT2D eigenvalue weighted by Gasteiger charge is 2.29. The molecule has 0 aromatic heterocycles. The lowest BCUT2D eigenvalue weighted by atomic mass is 9.98. The Labute approximate surface area is 201 Å². The van der Waals surface area contributed by atoms with Gasteiger partial charge in [0.1, 0.15) is 19.0 Å². The molecule has 0 fully saturated rings. The molecule has 0 saturated heterocycles. The number of aldehydes is 1. The van der Waals surface area contributed by atoms with Crippen LogP contribution in [0.25, 0.3) is 11.1 Å². The quantitative estimate of drug-likeness (QED) is 0.243. The number of carbonyl (C=O) groups is 2. The molecular weight excluding hydrogens is 452 g/mol. The maximum atomic E-state index is 12.3. The molecule has 1 amide bonds. The molecule has 9 heteroatoms. The minimum atomic E-state index is -1.57. The van der Waals surface area contributed by atoms with Crippen molar-refractivity contribution in [2.24, 2.45) is 0 Å². The molecule has 0 radical (unpaired) electrons. The van der Waals surface area contributed by atoms with Crippen molar-refractivity contribution in [2.45, 2.75) is 24.5 Å². The smallest absolute Gasteiger partial charge is 0.407 e. The van der Waals surface area contributed by atoms with Crippen LogP contribution >= 0.6 is 0 Å². The predicted molar refractivity (Wildman–Crippen MR) is 127 cm³/mol. The molecule has 35 heavy (non-hydrogen) atoms. The monoisotopic (exact) mass is 476 g/mol. The predicted octanol–water partition coefficient (Wildman–Crippen LogP) is 3.73. The Bertz CT molecular complexity index is 1210. The van der Waals surface area contributed by atoms with Gasteiger partial charge in [-0.05, 0) is 34.7 Å². The van der Waals surface area contributed by atoms with Gasteiger partial charge in [-0.1, -0.05) is 54.6 Å². The first-order valence-electron chi connectivity index (χ1n) is 11.1. The summed E-state index contributed by atoms with van der Waals surface area (Å²) in [6.07, 6.45) is -3.24. The first kappa shape index (κ1) is 24.1. The zero-order chi connectivity index (χ0) is 24.9. The van der Waals surface area contributed by atoms with E-state index >= 15 is 0 Å². The SMILES string of the molecule is O=Cc1ccc(C(O)C(O)CCNC(=O)OCC2c3ccccc3-c3ccccc32)c([N+](=O)[O-])c1. The van der Waals surface area contributed by atoms with Crippen LogP contribution in [0.15, 0.2) is 66.7 Å². The molecule has 0 saturated carbocycles. The molecule has 1 aliphatic rings. The van der Waals surface area contributed by atoms with E-state index in [4.69, 9.17) is 4.74 Å². The van der Waals surface area contributed by atoms with Crippen molar-refractivity contribution in [3.8, 4) is 11.1 Å². The van der Waals surface area contributed by atoms with Crippen LogP contribution in [0.4, 0.5) is 10.5 Å². The number of nitrogens with one attached hydrogen (secondary N) is 1. The number of aliphatic hydroxyl groups excluding tert-OH is 2. The van der Waals surface area contributed by atoms with Crippen LogP contribution in [0, 0.1) is 10.1 Å². The normalized spacial score (nSPS) is 13.9. The highest BCUT2D eigenvalue weighted by molar-refractivity contribution is 5.79. The zero-order valence-electron chi connectivity index (χ0n) is 18.7. The van der Waals surface area contributed by atoms with Gasteiger partial charge in [-0.15, -0.1) is 0 Å². The van der Waals surface area contributed by atoms with E-state index in [-0.39, 0.29) is 36.6 Å². The molecule has 9 nitrogen and oxygen atoms in total. The summed E-state index contributed by atoms with van der Waals surface area (Å²) < 4.78 is 5.43. The van der Waals surface area contributed by atoms with Crippen molar-refractivity contribution in [2.75, 3.05) is 13.2 Å². The van der Waals surface area contributed by atoms with Gasteiger partial charge in [0.25, 0.3) is 5.69 Å². The van der Waals surface area contributed by atoms with Crippen LogP contribution in [0.5, 0.6) is 0 Å². The largest absolute Gasteiger partial charge is 0.449 e. The number of aliphatic hydroxyl groups is 2. The highest BCUT2D eigenvalue weighted by atomic mass is 16.6. The third kappa shape index (κ3) is 5.06. The van der Waals surface area contributed by atoms with E-state index in [0.717, 1.165) is 28.3 Å². The van der Waals surface area contributed by atoms with E-state index in [0.29, 0.717) is 6.29 Å². The van der Waals surface area contributed by atoms with Gasteiger partial charge in [-0.25, -0.2) is 4.79 Å². The molecule has 3 aromatic carbocycles. The van der Waals surface area contributed by atoms with Gasteiger partial charge < -0.3 is 20.3 Å². The molecule has 180 valence electrons. The number of nitro benzene ring substituents is 1. The number of fused-ring (bicyclic) bond motifs is 3. The van der Waals surface area contributed by atoms with E-state index in [1.54, 1.807) is 0 Å². The molecule has 2 atom stereocenters. The Balaban J connectivity index is 1.31. The number of carbonyl (C=O) groups excluding carboxylic acids is 2. The lowest BCUT2D eigenvalue weighted by molar-refractivity contribution is -0.386. The molecule has 0 spiro atoms. The van der Waals surface area contributed by atoms with E-state index in [9.17, 15) is 29.9 Å². The molecule has 4 rings (SSSR count). The Hall–Kier alpha value is -4.08. The molecule has 3 N–H and O–H groups in total. The summed E-state index contributed by atoms with van der Waals surface area (Å²) in [4.78, 5) is 33.7. The highest BCUT2D eigenvalue weighted by Crippen LogP contribution is 2.44. The average molecular weight is 476 g/mol. The van der Waals surface area contributed by atoms with Crippen LogP contribution in [-0.4, -0.2) is 46.8 Å². The van der Waals surface area contributed by atoms with Crippen molar-refractivity contribution in [3.63, 3.8) is 0 Å². The van der Waals surface area contributed by atoms with Gasteiger partial charge in [0, 0.05) is 24.1 Å². The second-order valence-electron chi connectivity index (χ2n) is 8.25. The minimum Gasteiger partial charge on any atom is -0.449 e. The van der Waals surface area contributed by atoms with Gasteiger partial charge >= 0.3 is 6.09 Å². The fourth-order valence-corrected chi connectivity index (χ4v) is 4.38. The number of rotatable bonds is 9. The Kier molecular flexibility index (Phi) is 7.19. The van der Waals surface area contributed by atoms with Crippen LogP contribution in [0.1, 0.15) is 45.5 Å². The third-order valence-electron chi connectivity index (χ3n) is 6.12. The van der Waals surface area contributed by atoms with E-state index in [1.807, 2.05) is 48.5 Å². The van der Waals surface area contributed by atoms with Crippen molar-refractivity contribution in [1.29, 1.82) is 0 Å². The molecule has 0 aliphatic heterocycles. The number of nitro groups is 1. The van der Waals surface area contributed by atoms with Crippen LogP contribution < -0.4 is 5.32 Å². The molecule has 0 bridgehead atoms. The Morgan fingerprint density at radius 2 is 1.69 bits per heavy atom. The number of amides is 1. The number of hydrogen-bond donors (Lipinski definition) is 3. The molecule has 3 aromatic rings. The maximum absolute atomic E-state index is 12.3. The summed E-state index contributed by atoms with van der Waals surface area (Å²) in [5.74, 6) is -0.0875. The second-order valence-corrected chi connectivity index (χ2v) is 8.25. The number of ether oxygens (including phenoxy) is 1. The van der Waals surface area contributed by atoms with Crippen molar-refractivity contribution >= 4 is 18.1 Å². The first-order chi connectivity index (χ1) is 16.9. The van der Waals surface area contributed by atoms with Crippen LogP contribution in [0.2, 0.25) is 0 Å². The zero-order valence-corrected chi connectivity index (χ0v) is 18.7. The second kappa shape index (κ2) is 10.5. The number of alkyl carbamates (subject to hydrolysis) is 1. The standard InChI is InChI=1S/C26H24N2O7/c29-14-16-9-10-21(23(13-16)28(33)34)25(31)24(30)11-12-27-26(32)35-15-22-19-7-3-1-5-17(19)18-6-2-4-8-20(18)22/h1-10,13-14,22,24-25,30-31H,11-12,15H2,(H,27,32). The number of hydrogen-bond acceptors (Lipinski definition) is 7. The fraction of sp³-hybridized carbons (Fsp3) is 0.231. The molecule has 0 heterocycles. The number of nitrogens with zero attached hydrogens (tertiary/aromatic N) is 1. The van der Waals surface area contributed by atoms with E-state index < -0.39 is 28.9 Å². The topological polar surface area (TPSA) is 139 Å². The lowest BCUT2D eigenvalue weighted by Gasteiger charge is -2.19. The van der Waals surface area contributed by atoms with E-state index in [2.05, 4.69) is 5.32 Å². The third-order valence-corrected chi connectivity index (χ3v) is 6.12. The summed E-state index contributed by atoms with van der Waals surface area (Å²) in [7, 11) is 0. The summed E-state index contributed by atoms with van der Waals surface area (Å²) in [6.45, 7) is 0.120. The lowest BCUT2D eigenvalue weighted by Crippen LogP contribution is -2.30. The summed E-state index contributed by atoms with van der Waals surface area (Å²) in [5.41, 5.74) is 3.90. The fourth-order valence-electron chi connectivity index (χ4n) is 4.38. The molecule has 1 aliphatic carbocycles. The van der Waals surface area contributed by atoms with Crippen LogP contribution in [0.3, 0.4) is 0 Å². The minimum absolute atomic E-state index is 0.0187. The average Bonchev–Trinajstić information content (AvgIpc) is 3.20. The van der Waals surface area contributed by atoms with E-state index in [1.165, 1.54) is 12.1 Å². The van der Waals surface area contributed by atoms with Crippen LogP contribution in [-0.2, 0) is 4.74 Å². The summed E-state index contributed by atoms with van der Waals surface area (Å²) in [5, 5.41) is 34.5. The Morgan fingerprint density at radius 3 is 2.29 bits per heavy atom. The van der Waals surface area contributed by atoms with Crippen molar-refractivity contribution in [1.82, 2.24) is 5.32 Å². The molecular formula is C26H24N2O7. The maximum Gasteiger partial charge on any atom is 0.407 e.